The van der Waals surface area contributed by atoms with Gasteiger partial charge >= 0.3 is 6.03 Å². The molecule has 5 atom stereocenters. The summed E-state index contributed by atoms with van der Waals surface area (Å²) in [7, 11) is 2.10. The highest BCUT2D eigenvalue weighted by Gasteiger charge is 2.85. The third-order valence-electron chi connectivity index (χ3n) is 15.0. The molecule has 4 saturated carbocycles. The van der Waals surface area contributed by atoms with E-state index >= 15 is 0 Å². The lowest BCUT2D eigenvalue weighted by molar-refractivity contribution is -0.143. The average Bonchev–Trinajstić information content (AvgIpc) is 3.80. The van der Waals surface area contributed by atoms with E-state index in [0.29, 0.717) is 32.5 Å². The Bertz CT molecular complexity index is 1530. The fourth-order valence-electron chi connectivity index (χ4n) is 10.7. The third-order valence-corrected chi connectivity index (χ3v) is 15.0. The van der Waals surface area contributed by atoms with E-state index in [1.54, 1.807) is 4.90 Å². The van der Waals surface area contributed by atoms with E-state index in [9.17, 15) is 28.8 Å². The van der Waals surface area contributed by atoms with Crippen molar-refractivity contribution in [3.8, 4) is 0 Å². The number of likely N-dealkylation sites (N-methyl/N-ethyl adjacent to an activating group) is 1. The summed E-state index contributed by atoms with van der Waals surface area (Å²) in [5.41, 5.74) is 3.71. The number of fused-ring (bicyclic) bond motifs is 1. The highest BCUT2D eigenvalue weighted by atomic mass is 16.2. The summed E-state index contributed by atoms with van der Waals surface area (Å²) in [6.45, 7) is 18.2. The van der Waals surface area contributed by atoms with Gasteiger partial charge in [-0.15, -0.1) is 0 Å². The van der Waals surface area contributed by atoms with Crippen LogP contribution in [-0.4, -0.2) is 113 Å². The number of primary amides is 1. The summed E-state index contributed by atoms with van der Waals surface area (Å²) in [6, 6.07) is -4.41. The van der Waals surface area contributed by atoms with Crippen LogP contribution < -0.4 is 21.7 Å². The summed E-state index contributed by atoms with van der Waals surface area (Å²) >= 11 is 0. The number of carbonyl (C=O) groups excluding carboxylic acids is 6. The van der Waals surface area contributed by atoms with Gasteiger partial charge in [0.25, 0.3) is 5.91 Å². The summed E-state index contributed by atoms with van der Waals surface area (Å²) in [6.07, 6.45) is 8.91. The predicted molar refractivity (Wildman–Crippen MR) is 200 cm³/mol. The van der Waals surface area contributed by atoms with Crippen LogP contribution in [0.2, 0.25) is 0 Å². The van der Waals surface area contributed by atoms with Gasteiger partial charge in [-0.3, -0.25) is 28.9 Å². The van der Waals surface area contributed by atoms with Crippen molar-refractivity contribution in [2.75, 3.05) is 33.2 Å². The molecule has 2 heterocycles. The number of likely N-dealkylation sites (tertiary alicyclic amines) is 1. The number of urea groups is 1. The van der Waals surface area contributed by atoms with E-state index in [-0.39, 0.29) is 39.5 Å². The Balaban J connectivity index is 1.23. The largest absolute Gasteiger partial charge is 0.363 e. The Kier molecular flexibility index (Phi) is 9.85. The molecule has 5 N–H and O–H groups in total. The van der Waals surface area contributed by atoms with Crippen LogP contribution in [0.1, 0.15) is 120 Å². The first-order valence-electron chi connectivity index (χ1n) is 20.0. The van der Waals surface area contributed by atoms with Crippen LogP contribution >= 0.6 is 0 Å². The predicted octanol–water partition coefficient (Wildman–Crippen LogP) is 2.95. The van der Waals surface area contributed by atoms with Gasteiger partial charge < -0.3 is 31.5 Å². The fourth-order valence-corrected chi connectivity index (χ4v) is 10.7. The van der Waals surface area contributed by atoms with Crippen molar-refractivity contribution >= 4 is 35.4 Å². The van der Waals surface area contributed by atoms with Crippen molar-refractivity contribution < 1.29 is 28.8 Å². The number of rotatable bonds is 10. The van der Waals surface area contributed by atoms with Gasteiger partial charge in [0.1, 0.15) is 18.1 Å². The second kappa shape index (κ2) is 13.2. The van der Waals surface area contributed by atoms with Gasteiger partial charge in [-0.25, -0.2) is 4.79 Å². The second-order valence-corrected chi connectivity index (χ2v) is 20.3. The Morgan fingerprint density at radius 1 is 0.774 bits per heavy atom. The summed E-state index contributed by atoms with van der Waals surface area (Å²) in [5, 5.41) is 8.78. The average molecular weight is 740 g/mol. The van der Waals surface area contributed by atoms with Crippen LogP contribution in [0.15, 0.2) is 0 Å². The molecule has 13 nitrogen and oxygen atoms in total. The summed E-state index contributed by atoms with van der Waals surface area (Å²) in [4.78, 5) is 88.0. The standard InChI is InChI=1S/C40H65N7O6/c1-35(2,3)28(32(51)46-19-18-45(9)38(22-46)16-17-38)43-34(53)44-29(36(4,5)6)33(52)47-23-40(37(7,8)39(40)14-11-15-39)21-26(47)31(50)42-25(27(48)30(41)49)20-24-12-10-13-24/h24-26,28-29H,10-23H2,1-9H3,(H2,41,49)(H,42,50)(H2,43,44,53)/t25?,26?,28-,29?,40?/m1/s1. The SMILES string of the molecule is CN1CCN(C(=O)[C@@H](NC(=O)NC(C(=O)N2CC3(CC2C(=O)NC(CC2CCC2)C(=O)C(N)=O)C(C)(C)C32CCC2)C(C)(C)C)C(C)(C)C)CC12CC2. The van der Waals surface area contributed by atoms with Crippen molar-refractivity contribution in [3.63, 3.8) is 0 Å². The molecule has 4 unspecified atom stereocenters. The first kappa shape index (κ1) is 39.5. The van der Waals surface area contributed by atoms with Crippen molar-refractivity contribution in [2.45, 2.75) is 149 Å². The highest BCUT2D eigenvalue weighted by Crippen LogP contribution is 2.88. The third kappa shape index (κ3) is 6.64. The van der Waals surface area contributed by atoms with Gasteiger partial charge in [0.15, 0.2) is 0 Å². The van der Waals surface area contributed by atoms with E-state index in [4.69, 9.17) is 5.73 Å². The molecule has 0 bridgehead atoms. The molecule has 6 rings (SSSR count). The Morgan fingerprint density at radius 2 is 1.36 bits per heavy atom. The zero-order valence-electron chi connectivity index (χ0n) is 33.7. The van der Waals surface area contributed by atoms with Gasteiger partial charge in [0.2, 0.25) is 23.5 Å². The van der Waals surface area contributed by atoms with E-state index in [1.807, 2.05) is 46.4 Å². The molecular formula is C40H65N7O6. The molecule has 6 aliphatic rings. The zero-order chi connectivity index (χ0) is 39.1. The van der Waals surface area contributed by atoms with Crippen LogP contribution in [0, 0.1) is 33.0 Å². The lowest BCUT2D eigenvalue weighted by Crippen LogP contribution is -2.64. The number of hydrogen-bond donors (Lipinski definition) is 4. The fraction of sp³-hybridized carbons (Fsp3) is 0.850. The molecular weight excluding hydrogens is 674 g/mol. The van der Waals surface area contributed by atoms with Crippen molar-refractivity contribution in [3.05, 3.63) is 0 Å². The molecule has 2 aliphatic heterocycles. The molecule has 0 aromatic carbocycles. The van der Waals surface area contributed by atoms with Crippen LogP contribution in [0.4, 0.5) is 4.79 Å². The van der Waals surface area contributed by atoms with Crippen LogP contribution in [-0.2, 0) is 24.0 Å². The molecule has 6 fully saturated rings. The molecule has 6 amide bonds. The van der Waals surface area contributed by atoms with E-state index in [1.165, 1.54) is 0 Å². The molecule has 0 radical (unpaired) electrons. The normalized spacial score (nSPS) is 28.7. The zero-order valence-corrected chi connectivity index (χ0v) is 33.7. The van der Waals surface area contributed by atoms with Crippen molar-refractivity contribution in [1.29, 1.82) is 0 Å². The Hall–Kier alpha value is -3.22. The Morgan fingerprint density at radius 3 is 1.81 bits per heavy atom. The lowest BCUT2D eigenvalue weighted by atomic mass is 9.73. The van der Waals surface area contributed by atoms with Crippen LogP contribution in [0.3, 0.4) is 0 Å². The van der Waals surface area contributed by atoms with Gasteiger partial charge in [-0.1, -0.05) is 81.1 Å². The summed E-state index contributed by atoms with van der Waals surface area (Å²) < 4.78 is 0. The molecule has 4 aliphatic carbocycles. The number of nitrogens with two attached hydrogens (primary N) is 1. The number of nitrogens with zero attached hydrogens (tertiary/aromatic N) is 3. The van der Waals surface area contributed by atoms with Crippen LogP contribution in [0.5, 0.6) is 0 Å². The van der Waals surface area contributed by atoms with E-state index in [2.05, 4.69) is 41.7 Å². The smallest absolute Gasteiger partial charge is 0.316 e. The van der Waals surface area contributed by atoms with Crippen LogP contribution in [0.25, 0.3) is 0 Å². The summed E-state index contributed by atoms with van der Waals surface area (Å²) in [5.74, 6) is -2.67. The molecule has 296 valence electrons. The first-order valence-corrected chi connectivity index (χ1v) is 20.0. The Labute approximate surface area is 315 Å². The van der Waals surface area contributed by atoms with E-state index < -0.39 is 58.6 Å². The molecule has 53 heavy (non-hydrogen) atoms. The minimum absolute atomic E-state index is 0.0204. The first-order chi connectivity index (χ1) is 24.5. The molecule has 0 aromatic heterocycles. The number of nitrogens with one attached hydrogen (secondary N) is 3. The molecule has 2 saturated heterocycles. The molecule has 3 spiro atoms. The van der Waals surface area contributed by atoms with Gasteiger partial charge in [0, 0.05) is 37.1 Å². The number of ketones is 1. The van der Waals surface area contributed by atoms with Crippen molar-refractivity contribution in [1.82, 2.24) is 30.7 Å². The topological polar surface area (TPSA) is 174 Å². The van der Waals surface area contributed by atoms with Crippen molar-refractivity contribution in [2.24, 2.45) is 38.7 Å². The monoisotopic (exact) mass is 739 g/mol. The maximum Gasteiger partial charge on any atom is 0.316 e. The van der Waals surface area contributed by atoms with Gasteiger partial charge in [-0.2, -0.15) is 0 Å². The number of Topliss-reactive ketones (excluding diaryl/α,β-unsaturated/α-hetero) is 1. The molecule has 0 aromatic rings. The van der Waals surface area contributed by atoms with Gasteiger partial charge in [0.05, 0.1) is 6.04 Å². The van der Waals surface area contributed by atoms with Gasteiger partial charge in [-0.05, 0) is 73.2 Å². The second-order valence-electron chi connectivity index (χ2n) is 20.3. The minimum Gasteiger partial charge on any atom is -0.363 e. The maximum atomic E-state index is 14.9. The number of carbonyl (C=O) groups is 6. The van der Waals surface area contributed by atoms with E-state index in [0.717, 1.165) is 57.9 Å². The number of piperazine rings is 1. The maximum absolute atomic E-state index is 14.9. The quantitative estimate of drug-likeness (QED) is 0.249. The number of amides is 6. The molecule has 13 heteroatoms. The lowest BCUT2D eigenvalue weighted by Gasteiger charge is -2.43. The number of hydrogen-bond acceptors (Lipinski definition) is 7. The highest BCUT2D eigenvalue weighted by molar-refractivity contribution is 6.37. The minimum atomic E-state index is -1.09.